The molecule has 0 bridgehead atoms. The van der Waals surface area contributed by atoms with Crippen LogP contribution in [-0.4, -0.2) is 18.5 Å². The molecule has 2 nitrogen and oxygen atoms in total. The van der Waals surface area contributed by atoms with E-state index in [9.17, 15) is 0 Å². The summed E-state index contributed by atoms with van der Waals surface area (Å²) in [7, 11) is 2.26. The first-order valence-electron chi connectivity index (χ1n) is 10.5. The van der Waals surface area contributed by atoms with Crippen molar-refractivity contribution in [3.63, 3.8) is 0 Å². The molecule has 0 N–H and O–H groups in total. The van der Waals surface area contributed by atoms with Crippen LogP contribution < -0.4 is 28.5 Å². The van der Waals surface area contributed by atoms with Crippen LogP contribution in [0.3, 0.4) is 0 Å². The molecule has 0 unspecified atom stereocenters. The molecule has 1 aromatic heterocycles. The van der Waals surface area contributed by atoms with E-state index in [2.05, 4.69) is 48.0 Å². The summed E-state index contributed by atoms with van der Waals surface area (Å²) in [6.45, 7) is 4.72. The Balaban J connectivity index is 0.00000312. The van der Waals surface area contributed by atoms with Crippen LogP contribution in [0.2, 0.25) is 0 Å². The summed E-state index contributed by atoms with van der Waals surface area (Å²) in [5.74, 6) is 0. The Morgan fingerprint density at radius 2 is 1.64 bits per heavy atom. The first-order valence-corrected chi connectivity index (χ1v) is 10.5. The van der Waals surface area contributed by atoms with Crippen molar-refractivity contribution in [1.82, 2.24) is 4.90 Å². The fourth-order valence-corrected chi connectivity index (χ4v) is 3.99. The summed E-state index contributed by atoms with van der Waals surface area (Å²) in [5, 5.41) is 0. The third-order valence-electron chi connectivity index (χ3n) is 5.56. The zero-order valence-electron chi connectivity index (χ0n) is 16.6. The highest BCUT2D eigenvalue weighted by molar-refractivity contribution is 5.12. The van der Waals surface area contributed by atoms with Crippen molar-refractivity contribution in [2.24, 2.45) is 0 Å². The van der Waals surface area contributed by atoms with Gasteiger partial charge in [0.2, 0.25) is 0 Å². The number of unbranched alkanes of at least 4 members (excludes halogenated alkanes) is 9. The lowest BCUT2D eigenvalue weighted by molar-refractivity contribution is -0.697. The molecule has 0 amide bonds. The molecule has 0 aromatic carbocycles. The van der Waals surface area contributed by atoms with Gasteiger partial charge in [-0.05, 0) is 38.9 Å². The predicted octanol–water partition coefficient (Wildman–Crippen LogP) is 2.67. The van der Waals surface area contributed by atoms with Gasteiger partial charge in [0.15, 0.2) is 12.4 Å². The van der Waals surface area contributed by atoms with Crippen molar-refractivity contribution in [3.8, 4) is 0 Å². The molecule has 0 radical (unpaired) electrons. The van der Waals surface area contributed by atoms with Crippen molar-refractivity contribution in [2.45, 2.75) is 96.6 Å². The van der Waals surface area contributed by atoms with E-state index in [0.29, 0.717) is 6.04 Å². The zero-order chi connectivity index (χ0) is 17.0. The number of pyridine rings is 1. The Kier molecular flexibility index (Phi) is 12.8. The third-order valence-corrected chi connectivity index (χ3v) is 5.56. The molecule has 2 heterocycles. The molecule has 25 heavy (non-hydrogen) atoms. The number of nitrogens with zero attached hydrogens (tertiary/aromatic N) is 2. The van der Waals surface area contributed by atoms with Crippen LogP contribution in [0, 0.1) is 0 Å². The van der Waals surface area contributed by atoms with Crippen molar-refractivity contribution >= 4 is 0 Å². The molecule has 3 heteroatoms. The van der Waals surface area contributed by atoms with E-state index in [1.807, 2.05) is 0 Å². The number of aromatic nitrogens is 1. The van der Waals surface area contributed by atoms with Crippen molar-refractivity contribution in [2.75, 3.05) is 13.6 Å². The molecule has 1 atom stereocenters. The summed E-state index contributed by atoms with van der Waals surface area (Å²) in [4.78, 5) is 2.50. The second kappa shape index (κ2) is 14.0. The Morgan fingerprint density at radius 3 is 2.24 bits per heavy atom. The van der Waals surface area contributed by atoms with Gasteiger partial charge in [-0.15, -0.1) is 0 Å². The Morgan fingerprint density at radius 1 is 1.00 bits per heavy atom. The molecule has 1 aromatic rings. The minimum absolute atomic E-state index is 0. The summed E-state index contributed by atoms with van der Waals surface area (Å²) < 4.78 is 2.41. The monoisotopic (exact) mass is 458 g/mol. The third kappa shape index (κ3) is 8.85. The molecule has 1 aliphatic rings. The van der Waals surface area contributed by atoms with Crippen LogP contribution in [0.15, 0.2) is 24.5 Å². The average Bonchev–Trinajstić information content (AvgIpc) is 3.03. The van der Waals surface area contributed by atoms with E-state index in [4.69, 9.17) is 0 Å². The van der Waals surface area contributed by atoms with Gasteiger partial charge in [-0.1, -0.05) is 58.3 Å². The van der Waals surface area contributed by atoms with Gasteiger partial charge in [0.1, 0.15) is 6.54 Å². The Labute approximate surface area is 173 Å². The topological polar surface area (TPSA) is 7.12 Å². The smallest absolute Gasteiger partial charge is 0.173 e. The lowest BCUT2D eigenvalue weighted by atomic mass is 10.1. The van der Waals surface area contributed by atoms with Gasteiger partial charge in [0.25, 0.3) is 0 Å². The fraction of sp³-hybridized carbons (Fsp3) is 0.773. The van der Waals surface area contributed by atoms with Crippen LogP contribution in [-0.2, 0) is 6.54 Å². The number of hydrogen-bond acceptors (Lipinski definition) is 1. The normalized spacial score (nSPS) is 17.6. The molecule has 144 valence electrons. The highest BCUT2D eigenvalue weighted by Gasteiger charge is 2.24. The molecule has 2 rings (SSSR count). The summed E-state index contributed by atoms with van der Waals surface area (Å²) >= 11 is 0. The quantitative estimate of drug-likeness (QED) is 0.266. The maximum absolute atomic E-state index is 2.50. The van der Waals surface area contributed by atoms with Gasteiger partial charge in [-0.25, -0.2) is 4.57 Å². The van der Waals surface area contributed by atoms with E-state index in [1.165, 1.54) is 95.7 Å². The fourth-order valence-electron chi connectivity index (χ4n) is 3.99. The Bertz CT molecular complexity index is 449. The van der Waals surface area contributed by atoms with Crippen LogP contribution >= 0.6 is 0 Å². The van der Waals surface area contributed by atoms with E-state index in [0.717, 1.165) is 0 Å². The van der Waals surface area contributed by atoms with Crippen LogP contribution in [0.1, 0.15) is 95.6 Å². The van der Waals surface area contributed by atoms with Gasteiger partial charge in [-0.2, -0.15) is 0 Å². The largest absolute Gasteiger partial charge is 1.00 e. The van der Waals surface area contributed by atoms with E-state index < -0.39 is 0 Å². The minimum atomic E-state index is 0. The standard InChI is InChI=1S/C22H39N2.HI/c1-3-4-5-6-7-8-9-10-11-12-18-24-19-13-15-21(20-24)22-16-14-17-23(22)2;/h13,15,19-20,22H,3-12,14,16-18H2,1-2H3;1H/q+1;/p-1/t22-;/m0./s1. The average molecular weight is 458 g/mol. The maximum Gasteiger partial charge on any atom is 0.173 e. The Hall–Kier alpha value is -0.160. The molecule has 0 spiro atoms. The second-order valence-electron chi connectivity index (χ2n) is 7.70. The SMILES string of the molecule is CCCCCCCCCCCC[n+]1cccc([C@@H]2CCCN2C)c1.[I-]. The first kappa shape index (κ1) is 22.9. The summed E-state index contributed by atoms with van der Waals surface area (Å²) in [6.07, 6.45) is 21.4. The lowest BCUT2D eigenvalue weighted by Gasteiger charge is -2.18. The summed E-state index contributed by atoms with van der Waals surface area (Å²) in [5.41, 5.74) is 1.50. The highest BCUT2D eigenvalue weighted by Crippen LogP contribution is 2.29. The molecule has 1 aliphatic heterocycles. The van der Waals surface area contributed by atoms with Crippen molar-refractivity contribution in [1.29, 1.82) is 0 Å². The zero-order valence-corrected chi connectivity index (χ0v) is 18.7. The van der Waals surface area contributed by atoms with Gasteiger partial charge < -0.3 is 24.0 Å². The number of likely N-dealkylation sites (tertiary alicyclic amines) is 1. The van der Waals surface area contributed by atoms with E-state index >= 15 is 0 Å². The molecule has 0 saturated carbocycles. The lowest BCUT2D eigenvalue weighted by Crippen LogP contribution is -3.00. The molecular formula is C22H39IN2. The van der Waals surface area contributed by atoms with Crippen molar-refractivity contribution in [3.05, 3.63) is 30.1 Å². The number of aryl methyl sites for hydroxylation is 1. The molecule has 0 aliphatic carbocycles. The maximum atomic E-state index is 2.50. The molecular weight excluding hydrogens is 419 g/mol. The summed E-state index contributed by atoms with van der Waals surface area (Å²) in [6, 6.07) is 5.18. The first-order chi connectivity index (χ1) is 11.8. The van der Waals surface area contributed by atoms with E-state index in [-0.39, 0.29) is 24.0 Å². The minimum Gasteiger partial charge on any atom is -1.00 e. The van der Waals surface area contributed by atoms with Crippen LogP contribution in [0.5, 0.6) is 0 Å². The van der Waals surface area contributed by atoms with Crippen LogP contribution in [0.4, 0.5) is 0 Å². The number of hydrogen-bond donors (Lipinski definition) is 0. The van der Waals surface area contributed by atoms with Gasteiger partial charge in [0, 0.05) is 24.1 Å². The van der Waals surface area contributed by atoms with Gasteiger partial charge in [0.05, 0.1) is 0 Å². The van der Waals surface area contributed by atoms with Crippen LogP contribution in [0.25, 0.3) is 0 Å². The predicted molar refractivity (Wildman–Crippen MR) is 103 cm³/mol. The number of halogens is 1. The second-order valence-corrected chi connectivity index (χ2v) is 7.70. The van der Waals surface area contributed by atoms with Crippen molar-refractivity contribution < 1.29 is 28.5 Å². The van der Waals surface area contributed by atoms with Gasteiger partial charge >= 0.3 is 0 Å². The molecule has 1 saturated heterocycles. The number of rotatable bonds is 12. The molecule has 1 fully saturated rings. The van der Waals surface area contributed by atoms with E-state index in [1.54, 1.807) is 0 Å². The highest BCUT2D eigenvalue weighted by atomic mass is 127. The van der Waals surface area contributed by atoms with Gasteiger partial charge in [-0.3, -0.25) is 4.90 Å².